The third-order valence-electron chi connectivity index (χ3n) is 2.44. The van der Waals surface area contributed by atoms with Gasteiger partial charge in [-0.1, -0.05) is 17.7 Å². The van der Waals surface area contributed by atoms with E-state index in [9.17, 15) is 9.18 Å². The molecule has 0 unspecified atom stereocenters. The van der Waals surface area contributed by atoms with E-state index in [0.717, 1.165) is 0 Å². The number of benzene rings is 2. The van der Waals surface area contributed by atoms with Gasteiger partial charge in [0.1, 0.15) is 5.82 Å². The third-order valence-corrected chi connectivity index (χ3v) is 3.46. The molecule has 0 saturated carbocycles. The van der Waals surface area contributed by atoms with Crippen molar-refractivity contribution in [3.8, 4) is 11.1 Å². The van der Waals surface area contributed by atoms with Crippen molar-refractivity contribution in [3.63, 3.8) is 0 Å². The summed E-state index contributed by atoms with van der Waals surface area (Å²) in [6.45, 7) is 0. The Labute approximate surface area is 116 Å². The molecule has 0 amide bonds. The maximum Gasteiger partial charge on any atom is 0.336 e. The predicted octanol–water partition coefficient (Wildman–Crippen LogP) is 4.61. The van der Waals surface area contributed by atoms with Gasteiger partial charge in [0.25, 0.3) is 0 Å². The van der Waals surface area contributed by atoms with Crippen molar-refractivity contribution in [3.05, 3.63) is 57.3 Å². The van der Waals surface area contributed by atoms with E-state index in [1.807, 2.05) is 0 Å². The van der Waals surface area contributed by atoms with Crippen LogP contribution < -0.4 is 0 Å². The molecule has 18 heavy (non-hydrogen) atoms. The largest absolute Gasteiger partial charge is 0.478 e. The molecular weight excluding hydrogens is 322 g/mol. The van der Waals surface area contributed by atoms with Crippen LogP contribution in [0.1, 0.15) is 10.4 Å². The Morgan fingerprint density at radius 1 is 1.22 bits per heavy atom. The first-order valence-electron chi connectivity index (χ1n) is 4.97. The predicted molar refractivity (Wildman–Crippen MR) is 71.5 cm³/mol. The van der Waals surface area contributed by atoms with Gasteiger partial charge in [0.2, 0.25) is 0 Å². The lowest BCUT2D eigenvalue weighted by atomic mass is 10.0. The minimum absolute atomic E-state index is 0.104. The van der Waals surface area contributed by atoms with Crippen LogP contribution in [0.25, 0.3) is 11.1 Å². The highest BCUT2D eigenvalue weighted by atomic mass is 79.9. The molecule has 2 rings (SSSR count). The van der Waals surface area contributed by atoms with Crippen molar-refractivity contribution >= 4 is 33.5 Å². The fraction of sp³-hybridized carbons (Fsp3) is 0. The second-order valence-corrected chi connectivity index (χ2v) is 4.89. The maximum atomic E-state index is 13.2. The minimum atomic E-state index is -1.06. The molecule has 0 aliphatic rings. The topological polar surface area (TPSA) is 37.3 Å². The molecule has 0 radical (unpaired) electrons. The van der Waals surface area contributed by atoms with E-state index < -0.39 is 11.8 Å². The van der Waals surface area contributed by atoms with Crippen LogP contribution in [0.3, 0.4) is 0 Å². The fourth-order valence-electron chi connectivity index (χ4n) is 1.58. The first kappa shape index (κ1) is 13.1. The summed E-state index contributed by atoms with van der Waals surface area (Å²) < 4.78 is 13.7. The lowest BCUT2D eigenvalue weighted by molar-refractivity contribution is 0.0696. The highest BCUT2D eigenvalue weighted by Gasteiger charge is 2.12. The van der Waals surface area contributed by atoms with E-state index in [-0.39, 0.29) is 5.56 Å². The smallest absolute Gasteiger partial charge is 0.336 e. The average Bonchev–Trinajstić information content (AvgIpc) is 2.33. The van der Waals surface area contributed by atoms with Crippen LogP contribution in [0, 0.1) is 5.82 Å². The van der Waals surface area contributed by atoms with Crippen molar-refractivity contribution in [2.75, 3.05) is 0 Å². The molecule has 0 saturated heterocycles. The summed E-state index contributed by atoms with van der Waals surface area (Å²) in [6.07, 6.45) is 0. The summed E-state index contributed by atoms with van der Waals surface area (Å²) in [5.74, 6) is -1.48. The first-order chi connectivity index (χ1) is 8.49. The van der Waals surface area contributed by atoms with Gasteiger partial charge in [-0.05, 0) is 51.8 Å². The first-order valence-corrected chi connectivity index (χ1v) is 6.14. The van der Waals surface area contributed by atoms with Crippen LogP contribution in [0.15, 0.2) is 40.9 Å². The molecule has 0 aromatic heterocycles. The molecule has 0 fully saturated rings. The SMILES string of the molecule is O=C(O)c1cc(-c2cc(F)ccc2Cl)ccc1Br. The molecule has 2 aromatic carbocycles. The number of halogens is 3. The van der Waals surface area contributed by atoms with Crippen LogP contribution in [0.2, 0.25) is 5.02 Å². The Kier molecular flexibility index (Phi) is 3.68. The second kappa shape index (κ2) is 5.08. The summed E-state index contributed by atoms with van der Waals surface area (Å²) in [7, 11) is 0. The molecular formula is C13H7BrClFO2. The molecule has 1 N–H and O–H groups in total. The molecule has 0 spiro atoms. The van der Waals surface area contributed by atoms with Gasteiger partial charge in [0.05, 0.1) is 5.56 Å². The van der Waals surface area contributed by atoms with Gasteiger partial charge < -0.3 is 5.11 Å². The molecule has 0 aliphatic heterocycles. The highest BCUT2D eigenvalue weighted by molar-refractivity contribution is 9.10. The molecule has 2 aromatic rings. The van der Waals surface area contributed by atoms with Crippen molar-refractivity contribution in [1.29, 1.82) is 0 Å². The number of carboxylic acid groups (broad SMARTS) is 1. The lowest BCUT2D eigenvalue weighted by Gasteiger charge is -2.07. The van der Waals surface area contributed by atoms with Gasteiger partial charge >= 0.3 is 5.97 Å². The lowest BCUT2D eigenvalue weighted by Crippen LogP contribution is -1.98. The van der Waals surface area contributed by atoms with E-state index in [2.05, 4.69) is 15.9 Å². The normalized spacial score (nSPS) is 10.4. The van der Waals surface area contributed by atoms with Crippen LogP contribution in [0.4, 0.5) is 4.39 Å². The second-order valence-electron chi connectivity index (χ2n) is 3.62. The third kappa shape index (κ3) is 2.54. The van der Waals surface area contributed by atoms with Crippen molar-refractivity contribution in [2.24, 2.45) is 0 Å². The summed E-state index contributed by atoms with van der Waals surface area (Å²) in [6, 6.07) is 8.69. The van der Waals surface area contributed by atoms with Gasteiger partial charge in [-0.3, -0.25) is 0 Å². The Hall–Kier alpha value is -1.39. The number of carboxylic acids is 1. The zero-order valence-electron chi connectivity index (χ0n) is 8.95. The Bertz CT molecular complexity index is 628. The number of hydrogen-bond donors (Lipinski definition) is 1. The Morgan fingerprint density at radius 3 is 2.61 bits per heavy atom. The number of hydrogen-bond acceptors (Lipinski definition) is 1. The zero-order valence-corrected chi connectivity index (χ0v) is 11.3. The van der Waals surface area contributed by atoms with E-state index in [1.165, 1.54) is 24.3 Å². The number of carbonyl (C=O) groups is 1. The monoisotopic (exact) mass is 328 g/mol. The van der Waals surface area contributed by atoms with Gasteiger partial charge in [-0.25, -0.2) is 9.18 Å². The Morgan fingerprint density at radius 2 is 1.94 bits per heavy atom. The zero-order chi connectivity index (χ0) is 13.3. The standard InChI is InChI=1S/C13H7BrClFO2/c14-11-3-1-7(5-10(11)13(17)18)9-6-8(16)2-4-12(9)15/h1-6H,(H,17,18). The summed E-state index contributed by atoms with van der Waals surface area (Å²) in [4.78, 5) is 11.0. The van der Waals surface area contributed by atoms with Crippen LogP contribution >= 0.6 is 27.5 Å². The van der Waals surface area contributed by atoms with Gasteiger partial charge in [0, 0.05) is 15.1 Å². The molecule has 0 bridgehead atoms. The summed E-state index contributed by atoms with van der Waals surface area (Å²) >= 11 is 9.13. The molecule has 5 heteroatoms. The van der Waals surface area contributed by atoms with Crippen molar-refractivity contribution in [1.82, 2.24) is 0 Å². The van der Waals surface area contributed by atoms with Gasteiger partial charge in [-0.15, -0.1) is 0 Å². The van der Waals surface area contributed by atoms with E-state index in [0.29, 0.717) is 20.6 Å². The van der Waals surface area contributed by atoms with E-state index in [1.54, 1.807) is 12.1 Å². The van der Waals surface area contributed by atoms with Crippen molar-refractivity contribution < 1.29 is 14.3 Å². The quantitative estimate of drug-likeness (QED) is 0.874. The summed E-state index contributed by atoms with van der Waals surface area (Å²) in [5.41, 5.74) is 1.12. The van der Waals surface area contributed by atoms with Crippen LogP contribution in [0.5, 0.6) is 0 Å². The van der Waals surface area contributed by atoms with Crippen LogP contribution in [-0.4, -0.2) is 11.1 Å². The van der Waals surface area contributed by atoms with Crippen molar-refractivity contribution in [2.45, 2.75) is 0 Å². The molecule has 0 aliphatic carbocycles. The maximum absolute atomic E-state index is 13.2. The van der Waals surface area contributed by atoms with E-state index >= 15 is 0 Å². The van der Waals surface area contributed by atoms with Crippen LogP contribution in [-0.2, 0) is 0 Å². The Balaban J connectivity index is 2.61. The summed E-state index contributed by atoms with van der Waals surface area (Å²) in [5, 5.41) is 9.39. The van der Waals surface area contributed by atoms with Gasteiger partial charge in [0.15, 0.2) is 0 Å². The molecule has 0 heterocycles. The fourth-order valence-corrected chi connectivity index (χ4v) is 2.22. The number of aromatic carboxylic acids is 1. The van der Waals surface area contributed by atoms with E-state index in [4.69, 9.17) is 16.7 Å². The molecule has 92 valence electrons. The average molecular weight is 330 g/mol. The minimum Gasteiger partial charge on any atom is -0.478 e. The number of rotatable bonds is 2. The molecule has 2 nitrogen and oxygen atoms in total. The molecule has 0 atom stereocenters. The van der Waals surface area contributed by atoms with Gasteiger partial charge in [-0.2, -0.15) is 0 Å². The highest BCUT2D eigenvalue weighted by Crippen LogP contribution is 2.31.